The first-order chi connectivity index (χ1) is 13.1. The van der Waals surface area contributed by atoms with Crippen LogP contribution in [0.25, 0.3) is 0 Å². The maximum Gasteiger partial charge on any atom is 0.191 e. The number of thioether (sulfide) groups is 1. The van der Waals surface area contributed by atoms with Crippen molar-refractivity contribution in [3.63, 3.8) is 0 Å². The molecule has 1 heterocycles. The minimum atomic E-state index is 0.340. The molecule has 0 unspecified atom stereocenters. The van der Waals surface area contributed by atoms with Gasteiger partial charge in [0.25, 0.3) is 0 Å². The van der Waals surface area contributed by atoms with E-state index < -0.39 is 0 Å². The molecule has 3 rings (SSSR count). The highest BCUT2D eigenvalue weighted by Gasteiger charge is 2.13. The van der Waals surface area contributed by atoms with E-state index in [4.69, 9.17) is 16.3 Å². The van der Waals surface area contributed by atoms with Gasteiger partial charge in [-0.15, -0.1) is 16.8 Å². The highest BCUT2D eigenvalue weighted by Crippen LogP contribution is 2.24. The molecule has 0 fully saturated rings. The van der Waals surface area contributed by atoms with E-state index in [9.17, 15) is 0 Å². The fourth-order valence-electron chi connectivity index (χ4n) is 2.65. The van der Waals surface area contributed by atoms with E-state index in [1.165, 1.54) is 11.1 Å². The molecule has 0 aliphatic carbocycles. The van der Waals surface area contributed by atoms with Crippen molar-refractivity contribution in [2.24, 2.45) is 0 Å². The Morgan fingerprint density at radius 1 is 1.19 bits per heavy atom. The average Bonchev–Trinajstić information content (AvgIpc) is 3.03. The van der Waals surface area contributed by atoms with Crippen LogP contribution >= 0.6 is 23.4 Å². The third-order valence-electron chi connectivity index (χ3n) is 4.05. The molecule has 4 nitrogen and oxygen atoms in total. The molecule has 6 heteroatoms. The van der Waals surface area contributed by atoms with Gasteiger partial charge in [-0.05, 0) is 43.2 Å². The van der Waals surface area contributed by atoms with Gasteiger partial charge in [-0.1, -0.05) is 59.3 Å². The molecule has 140 valence electrons. The summed E-state index contributed by atoms with van der Waals surface area (Å²) in [7, 11) is 0. The molecular weight excluding hydrogens is 378 g/mol. The molecule has 0 saturated carbocycles. The fourth-order valence-corrected chi connectivity index (χ4v) is 3.68. The number of halogens is 1. The predicted octanol–water partition coefficient (Wildman–Crippen LogP) is 5.61. The van der Waals surface area contributed by atoms with Crippen LogP contribution in [-0.4, -0.2) is 14.8 Å². The Kier molecular flexibility index (Phi) is 6.58. The second-order valence-electron chi connectivity index (χ2n) is 6.28. The zero-order chi connectivity index (χ0) is 19.2. The van der Waals surface area contributed by atoms with Crippen LogP contribution in [0.3, 0.4) is 0 Å². The van der Waals surface area contributed by atoms with Crippen LogP contribution in [0.5, 0.6) is 5.75 Å². The van der Waals surface area contributed by atoms with Gasteiger partial charge in [-0.3, -0.25) is 4.57 Å². The number of aryl methyl sites for hydroxylation is 2. The van der Waals surface area contributed by atoms with E-state index in [-0.39, 0.29) is 0 Å². The number of allylic oxidation sites excluding steroid dienone is 1. The Bertz CT molecular complexity index is 939. The maximum absolute atomic E-state index is 6.07. The summed E-state index contributed by atoms with van der Waals surface area (Å²) in [5.41, 5.74) is 3.51. The molecule has 0 saturated heterocycles. The number of ether oxygens (including phenoxy) is 1. The van der Waals surface area contributed by atoms with E-state index in [0.717, 1.165) is 33.1 Å². The largest absolute Gasteiger partial charge is 0.486 e. The van der Waals surface area contributed by atoms with Gasteiger partial charge in [0.05, 0.1) is 0 Å². The lowest BCUT2D eigenvalue weighted by atomic mass is 10.2. The van der Waals surface area contributed by atoms with Crippen LogP contribution in [0.1, 0.15) is 22.5 Å². The second kappa shape index (κ2) is 9.11. The Labute approximate surface area is 169 Å². The summed E-state index contributed by atoms with van der Waals surface area (Å²) in [6.45, 7) is 8.88. The van der Waals surface area contributed by atoms with Crippen molar-refractivity contribution in [1.82, 2.24) is 14.8 Å². The van der Waals surface area contributed by atoms with E-state index in [2.05, 4.69) is 48.0 Å². The van der Waals surface area contributed by atoms with Gasteiger partial charge in [-0.2, -0.15) is 0 Å². The molecule has 0 radical (unpaired) electrons. The summed E-state index contributed by atoms with van der Waals surface area (Å²) in [6.07, 6.45) is 1.84. The zero-order valence-electron chi connectivity index (χ0n) is 15.5. The minimum Gasteiger partial charge on any atom is -0.486 e. The van der Waals surface area contributed by atoms with Crippen LogP contribution in [0.4, 0.5) is 0 Å². The Hall–Kier alpha value is -2.24. The Morgan fingerprint density at radius 2 is 2.04 bits per heavy atom. The lowest BCUT2D eigenvalue weighted by molar-refractivity contribution is 0.289. The third kappa shape index (κ3) is 5.15. The molecule has 0 aliphatic heterocycles. The van der Waals surface area contributed by atoms with Crippen LogP contribution in [0.15, 0.2) is 60.3 Å². The van der Waals surface area contributed by atoms with Crippen molar-refractivity contribution in [3.8, 4) is 5.75 Å². The lowest BCUT2D eigenvalue weighted by Gasteiger charge is -2.10. The maximum atomic E-state index is 6.07. The first kappa shape index (κ1) is 19.5. The number of nitrogens with zero attached hydrogens (tertiary/aromatic N) is 3. The SMILES string of the molecule is C=CCn1c(COc2ccc(Cl)c(C)c2)nnc1SCc1cccc(C)c1. The lowest BCUT2D eigenvalue weighted by Crippen LogP contribution is -2.07. The van der Waals surface area contributed by atoms with E-state index in [1.54, 1.807) is 11.8 Å². The molecule has 2 aromatic carbocycles. The quantitative estimate of drug-likeness (QED) is 0.365. The molecule has 0 bridgehead atoms. The van der Waals surface area contributed by atoms with Gasteiger partial charge in [0.1, 0.15) is 12.4 Å². The summed E-state index contributed by atoms with van der Waals surface area (Å²) in [6, 6.07) is 14.1. The van der Waals surface area contributed by atoms with Crippen LogP contribution in [0.2, 0.25) is 5.02 Å². The van der Waals surface area contributed by atoms with Crippen molar-refractivity contribution >= 4 is 23.4 Å². The number of rotatable bonds is 8. The van der Waals surface area contributed by atoms with Gasteiger partial charge in [0, 0.05) is 17.3 Å². The molecule has 0 amide bonds. The summed E-state index contributed by atoms with van der Waals surface area (Å²) >= 11 is 7.73. The van der Waals surface area contributed by atoms with Crippen molar-refractivity contribution in [2.45, 2.75) is 37.9 Å². The van der Waals surface area contributed by atoms with Gasteiger partial charge >= 0.3 is 0 Å². The molecule has 0 atom stereocenters. The first-order valence-electron chi connectivity index (χ1n) is 8.67. The standard InChI is InChI=1S/C21H22ClN3OS/c1-4-10-25-20(13-26-18-8-9-19(22)16(3)12-18)23-24-21(25)27-14-17-7-5-6-15(2)11-17/h4-9,11-12H,1,10,13-14H2,2-3H3. The van der Waals surface area contributed by atoms with Crippen molar-refractivity contribution in [3.05, 3.63) is 82.7 Å². The zero-order valence-corrected chi connectivity index (χ0v) is 17.1. The Balaban J connectivity index is 1.70. The predicted molar refractivity (Wildman–Crippen MR) is 111 cm³/mol. The summed E-state index contributed by atoms with van der Waals surface area (Å²) in [5.74, 6) is 2.38. The van der Waals surface area contributed by atoms with Crippen molar-refractivity contribution < 1.29 is 4.74 Å². The fraction of sp³-hybridized carbons (Fsp3) is 0.238. The minimum absolute atomic E-state index is 0.340. The van der Waals surface area contributed by atoms with Crippen molar-refractivity contribution in [2.75, 3.05) is 0 Å². The number of benzene rings is 2. The first-order valence-corrected chi connectivity index (χ1v) is 10.0. The number of hydrogen-bond acceptors (Lipinski definition) is 4. The topological polar surface area (TPSA) is 39.9 Å². The highest BCUT2D eigenvalue weighted by atomic mass is 35.5. The van der Waals surface area contributed by atoms with E-state index in [0.29, 0.717) is 13.2 Å². The van der Waals surface area contributed by atoms with Crippen LogP contribution in [-0.2, 0) is 18.9 Å². The molecule has 27 heavy (non-hydrogen) atoms. The molecular formula is C21H22ClN3OS. The molecule has 0 spiro atoms. The Morgan fingerprint density at radius 3 is 2.78 bits per heavy atom. The molecule has 1 aromatic heterocycles. The summed E-state index contributed by atoms with van der Waals surface area (Å²) < 4.78 is 7.92. The highest BCUT2D eigenvalue weighted by molar-refractivity contribution is 7.98. The average molecular weight is 400 g/mol. The van der Waals surface area contributed by atoms with Gasteiger partial charge < -0.3 is 4.74 Å². The molecule has 0 N–H and O–H groups in total. The molecule has 3 aromatic rings. The monoisotopic (exact) mass is 399 g/mol. The second-order valence-corrected chi connectivity index (χ2v) is 7.63. The van der Waals surface area contributed by atoms with Gasteiger partial charge in [-0.25, -0.2) is 0 Å². The van der Waals surface area contributed by atoms with Crippen LogP contribution in [0, 0.1) is 13.8 Å². The summed E-state index contributed by atoms with van der Waals surface area (Å²) in [4.78, 5) is 0. The number of hydrogen-bond donors (Lipinski definition) is 0. The number of aromatic nitrogens is 3. The van der Waals surface area contributed by atoms with E-state index >= 15 is 0 Å². The van der Waals surface area contributed by atoms with E-state index in [1.807, 2.05) is 35.8 Å². The van der Waals surface area contributed by atoms with Crippen LogP contribution < -0.4 is 4.74 Å². The smallest absolute Gasteiger partial charge is 0.191 e. The molecule has 0 aliphatic rings. The normalized spacial score (nSPS) is 10.8. The summed E-state index contributed by atoms with van der Waals surface area (Å²) in [5, 5.41) is 10.2. The third-order valence-corrected chi connectivity index (χ3v) is 5.51. The van der Waals surface area contributed by atoms with Gasteiger partial charge in [0.15, 0.2) is 11.0 Å². The van der Waals surface area contributed by atoms with Crippen molar-refractivity contribution in [1.29, 1.82) is 0 Å². The van der Waals surface area contributed by atoms with Gasteiger partial charge in [0.2, 0.25) is 0 Å².